The Morgan fingerprint density at radius 2 is 0.991 bits per heavy atom. The Hall–Kier alpha value is -9.92. The molecule has 0 spiro atoms. The third-order valence-corrected chi connectivity index (χ3v) is 21.2. The monoisotopic (exact) mass is 1610 g/mol. The molecule has 1 aromatic heterocycles. The number of thioether (sulfide) groups is 1. The smallest absolute Gasteiger partial charge is 0.304 e. The van der Waals surface area contributed by atoms with Crippen LogP contribution in [-0.2, 0) is 81.6 Å². The number of nitrogens with zero attached hydrogens (tertiary/aromatic N) is 2. The van der Waals surface area contributed by atoms with Gasteiger partial charge in [-0.3, -0.25) is 72.3 Å². The number of carboxylic acids is 1. The number of aliphatic carboxylic acids is 1. The molecule has 0 bridgehead atoms. The average molecular weight is 1610 g/mol. The summed E-state index contributed by atoms with van der Waals surface area (Å²) in [7, 11) is 0. The maximum atomic E-state index is 15.2. The maximum absolute atomic E-state index is 15.2. The molecule has 1 heterocycles. The van der Waals surface area contributed by atoms with Gasteiger partial charge in [0.2, 0.25) is 35.4 Å². The molecule has 14 atom stereocenters. The van der Waals surface area contributed by atoms with Crippen LogP contribution >= 0.6 is 11.8 Å². The molecule has 32 heteroatoms. The van der Waals surface area contributed by atoms with Gasteiger partial charge in [-0.05, 0) is 136 Å². The van der Waals surface area contributed by atoms with Crippen LogP contribution in [0.3, 0.4) is 0 Å². The van der Waals surface area contributed by atoms with E-state index in [0.717, 1.165) is 23.4 Å². The van der Waals surface area contributed by atoms with Crippen LogP contribution in [0.25, 0.3) is 10.9 Å². The molecule has 6 amide bonds. The number of hydrogen-bond donors (Lipinski definition) is 16. The van der Waals surface area contributed by atoms with Gasteiger partial charge in [-0.2, -0.15) is 11.8 Å². The van der Waals surface area contributed by atoms with Crippen molar-refractivity contribution in [2.45, 2.75) is 206 Å². The molecule has 114 heavy (non-hydrogen) atoms. The van der Waals surface area contributed by atoms with Gasteiger partial charge in [0.1, 0.15) is 17.6 Å². The molecule has 0 radical (unpaired) electrons. The summed E-state index contributed by atoms with van der Waals surface area (Å²) in [6.07, 6.45) is -0.344. The SMILES string of the molecule is CC[C@H](C)[C@H](CC(=O)[C@H](Cc1ccccc1)NC(=O)[C@H](CCSC)CC(=O)[C@H](Cc1c[nH]c2ccccc12)NC(=O)[C@H](CCCCN)CC(=O)[C@H](CCCN=C(N)N)NC(=O)[C@@H](CC(=O)[C@H](CCCN=C(N)N)NC(=O)[C@H](CC(=O)O)CC(=O)[C@@H](NC(=O)[C@H](CO)CC(=O)[C@@H](C)Cc1ccc(O)cc1)[C@@H](C)O)CC(C)C)C(N)=O. The molecule has 0 aliphatic rings. The van der Waals surface area contributed by atoms with E-state index in [1.807, 2.05) is 62.6 Å². The highest BCUT2D eigenvalue weighted by atomic mass is 32.2. The number of carboxylic acid groups (broad SMARTS) is 1. The summed E-state index contributed by atoms with van der Waals surface area (Å²) in [6.45, 7) is 9.37. The quantitative estimate of drug-likeness (QED) is 0.0170. The molecule has 31 nitrogen and oxygen atoms in total. The molecule has 0 aliphatic heterocycles. The first-order valence-electron chi connectivity index (χ1n) is 39.2. The van der Waals surface area contributed by atoms with Crippen molar-refractivity contribution in [3.05, 3.63) is 102 Å². The molecule has 0 saturated heterocycles. The first kappa shape index (κ1) is 96.4. The van der Waals surface area contributed by atoms with Crippen molar-refractivity contribution in [3.63, 3.8) is 0 Å². The summed E-state index contributed by atoms with van der Waals surface area (Å²) in [6, 6.07) is 15.5. The van der Waals surface area contributed by atoms with Gasteiger partial charge < -0.3 is 86.4 Å². The molecule has 0 fully saturated rings. The summed E-state index contributed by atoms with van der Waals surface area (Å²) in [5.74, 6) is -18.6. The second kappa shape index (κ2) is 50.3. The van der Waals surface area contributed by atoms with Crippen LogP contribution in [0.4, 0.5) is 0 Å². The summed E-state index contributed by atoms with van der Waals surface area (Å²) in [5, 5.41) is 55.3. The number of hydrogen-bond acceptors (Lipinski definition) is 20. The second-order valence-electron chi connectivity index (χ2n) is 30.3. The van der Waals surface area contributed by atoms with Gasteiger partial charge >= 0.3 is 5.97 Å². The number of aliphatic hydroxyl groups excluding tert-OH is 2. The van der Waals surface area contributed by atoms with Gasteiger partial charge in [0.15, 0.2) is 40.8 Å². The topological polar surface area (TPSA) is 560 Å². The van der Waals surface area contributed by atoms with Crippen molar-refractivity contribution in [1.82, 2.24) is 31.6 Å². The van der Waals surface area contributed by atoms with Gasteiger partial charge in [-0.1, -0.05) is 108 Å². The van der Waals surface area contributed by atoms with Crippen molar-refractivity contribution in [3.8, 4) is 5.75 Å². The van der Waals surface area contributed by atoms with Crippen molar-refractivity contribution in [1.29, 1.82) is 0 Å². The lowest BCUT2D eigenvalue weighted by molar-refractivity contribution is -0.143. The fourth-order valence-corrected chi connectivity index (χ4v) is 14.2. The van der Waals surface area contributed by atoms with Crippen molar-refractivity contribution in [2.75, 3.05) is 38.2 Å². The zero-order valence-corrected chi connectivity index (χ0v) is 67.6. The van der Waals surface area contributed by atoms with Crippen LogP contribution in [0, 0.1) is 53.3 Å². The number of unbranched alkanes of at least 4 members (excludes halogenated alkanes) is 1. The number of aliphatic imine (C=N–C) groups is 2. The first-order chi connectivity index (χ1) is 54.1. The van der Waals surface area contributed by atoms with Crippen LogP contribution in [0.5, 0.6) is 5.75 Å². The molecule has 3 aromatic carbocycles. The molecule has 628 valence electrons. The van der Waals surface area contributed by atoms with Crippen molar-refractivity contribution >= 4 is 111 Å². The maximum Gasteiger partial charge on any atom is 0.304 e. The van der Waals surface area contributed by atoms with E-state index in [0.29, 0.717) is 36.1 Å². The molecule has 4 aromatic rings. The van der Waals surface area contributed by atoms with Gasteiger partial charge in [-0.25, -0.2) is 0 Å². The lowest BCUT2D eigenvalue weighted by Gasteiger charge is -2.27. The summed E-state index contributed by atoms with van der Waals surface area (Å²) >= 11 is 1.44. The molecule has 22 N–H and O–H groups in total. The number of fused-ring (bicyclic) bond motifs is 1. The van der Waals surface area contributed by atoms with E-state index in [-0.39, 0.29) is 126 Å². The fourth-order valence-electron chi connectivity index (χ4n) is 13.7. The molecule has 0 aliphatic carbocycles. The lowest BCUT2D eigenvalue weighted by Crippen LogP contribution is -2.52. The number of guanidine groups is 2. The number of H-pyrrole nitrogens is 1. The highest BCUT2D eigenvalue weighted by molar-refractivity contribution is 7.98. The third kappa shape index (κ3) is 34.0. The Balaban J connectivity index is 1.68. The Morgan fingerprint density at radius 3 is 1.52 bits per heavy atom. The number of Topliss-reactive ketones (excluding diaryl/α,β-unsaturated/α-hetero) is 6. The Labute approximate surface area is 671 Å². The van der Waals surface area contributed by atoms with Crippen LogP contribution in [0.15, 0.2) is 95.0 Å². The number of para-hydroxylation sites is 1. The lowest BCUT2D eigenvalue weighted by atomic mass is 9.84. The number of nitrogens with one attached hydrogen (secondary N) is 6. The largest absolute Gasteiger partial charge is 0.508 e. The number of phenolic OH excluding ortho intramolecular Hbond substituents is 1. The number of aromatic hydroxyl groups is 1. The van der Waals surface area contributed by atoms with E-state index < -0.39 is 193 Å². The molecule has 4 rings (SSSR count). The molecule has 0 saturated carbocycles. The predicted octanol–water partition coefficient (Wildman–Crippen LogP) is 3.83. The number of benzene rings is 3. The van der Waals surface area contributed by atoms with Crippen molar-refractivity contribution < 1.29 is 82.8 Å². The minimum absolute atomic E-state index is 0.00221. The number of nitrogens with two attached hydrogens (primary N) is 6. The number of carbonyl (C=O) groups is 13. The number of aliphatic hydroxyl groups is 2. The zero-order valence-electron chi connectivity index (χ0n) is 66.8. The van der Waals surface area contributed by atoms with E-state index in [1.54, 1.807) is 51.2 Å². The molecule has 0 unspecified atom stereocenters. The predicted molar refractivity (Wildman–Crippen MR) is 436 cm³/mol. The van der Waals surface area contributed by atoms with Crippen LogP contribution in [0.2, 0.25) is 0 Å². The van der Waals surface area contributed by atoms with Gasteiger partial charge in [-0.15, -0.1) is 0 Å². The minimum Gasteiger partial charge on any atom is -0.508 e. The Kier molecular flexibility index (Phi) is 42.6. The highest BCUT2D eigenvalue weighted by Gasteiger charge is 2.39. The van der Waals surface area contributed by atoms with Crippen LogP contribution in [-0.4, -0.2) is 188 Å². The minimum atomic E-state index is -1.78. The summed E-state index contributed by atoms with van der Waals surface area (Å²) < 4.78 is 0. The van der Waals surface area contributed by atoms with E-state index in [1.165, 1.54) is 23.9 Å². The zero-order chi connectivity index (χ0) is 84.7. The number of aromatic amines is 1. The second-order valence-corrected chi connectivity index (χ2v) is 31.3. The Bertz CT molecular complexity index is 3880. The number of amides is 6. The van der Waals surface area contributed by atoms with Gasteiger partial charge in [0.25, 0.3) is 0 Å². The molecular formula is C82H122N14O17S. The van der Waals surface area contributed by atoms with Crippen LogP contribution in [0.1, 0.15) is 167 Å². The van der Waals surface area contributed by atoms with Gasteiger partial charge in [0.05, 0.1) is 55.1 Å². The standard InChI is InChI=1S/C82H122N14O17S/c1-8-48(4)61(75(84)108)44-71(104)65(36-51-18-10-9-11-19-51)94-77(110)54(29-33-114-7)39-70(103)66(37-57-45-91-62-22-13-12-21-60(57)62)95-76(109)53(20-14-15-30-83)38-68(101)63(23-16-31-89-81(85)86)92-78(111)55(34-47(2)3)40-69(102)64(24-17-32-90-82(87)88)93-79(112)56(43-73(106)107)41-72(105)74(50(6)98)96-80(113)58(46-97)42-67(100)49(5)35-52-25-27-59(99)28-26-52/h9-13,18-19,21-22,25-28,45,47-50,53-56,58,61,63-66,74,91,97-99H,8,14-17,20,23-24,29-44,46,83H2,1-7H3,(H2,84,108)(H,92,111)(H,93,112)(H,94,110)(H,95,109)(H,96,113)(H,106,107)(H4,85,86,89)(H4,87,88,90)/t48-,49-,50+,53+,54+,55+,56-,58-,61-,63-,64-,65-,66-,74-/m0/s1. The number of rotatable bonds is 58. The summed E-state index contributed by atoms with van der Waals surface area (Å²) in [5.41, 5.74) is 37.2. The van der Waals surface area contributed by atoms with E-state index in [9.17, 15) is 68.4 Å². The van der Waals surface area contributed by atoms with E-state index in [2.05, 4.69) is 41.6 Å². The Morgan fingerprint density at radius 1 is 0.509 bits per heavy atom. The number of aromatic nitrogens is 1. The number of phenols is 1. The summed E-state index contributed by atoms with van der Waals surface area (Å²) in [4.78, 5) is 196. The third-order valence-electron chi connectivity index (χ3n) is 20.5. The van der Waals surface area contributed by atoms with E-state index >= 15 is 14.4 Å². The number of carbonyl (C=O) groups excluding carboxylic acids is 12. The van der Waals surface area contributed by atoms with Gasteiger partial charge in [0, 0.05) is 105 Å². The average Bonchev–Trinajstić information content (AvgIpc) is 1.67. The number of ketones is 6. The van der Waals surface area contributed by atoms with E-state index in [4.69, 9.17) is 34.4 Å². The first-order valence-corrected chi connectivity index (χ1v) is 40.6. The molecular weight excluding hydrogens is 1490 g/mol. The highest BCUT2D eigenvalue weighted by Crippen LogP contribution is 2.28. The van der Waals surface area contributed by atoms with Crippen molar-refractivity contribution in [2.24, 2.45) is 97.6 Å². The number of primary amides is 1. The fraction of sp³-hybridized carbons (Fsp3) is 0.573. The normalized spacial score (nSPS) is 15.1. The van der Waals surface area contributed by atoms with Crippen LogP contribution < -0.4 is 61.0 Å².